The molecule has 32 heavy (non-hydrogen) atoms. The van der Waals surface area contributed by atoms with Crippen molar-refractivity contribution in [1.82, 2.24) is 4.98 Å². The fourth-order valence-corrected chi connectivity index (χ4v) is 3.69. The number of benzene rings is 3. The molecule has 160 valence electrons. The molecular weight excluding hydrogens is 406 g/mol. The normalized spacial score (nSPS) is 10.7. The molecule has 1 amide bonds. The van der Waals surface area contributed by atoms with E-state index in [-0.39, 0.29) is 11.6 Å². The minimum absolute atomic E-state index is 0.0915. The molecule has 0 unspecified atom stereocenters. The SMILES string of the molecule is COc1cccc(-c2cc(C(=O)Nc3cccc([N+](=O)[O-])c3)c3cc(C)cc(C)c3n2)c1. The molecule has 4 rings (SSSR count). The van der Waals surface area contributed by atoms with Crippen LogP contribution in [0.3, 0.4) is 0 Å². The summed E-state index contributed by atoms with van der Waals surface area (Å²) >= 11 is 0. The molecule has 0 aliphatic carbocycles. The fraction of sp³-hybridized carbons (Fsp3) is 0.120. The Hall–Kier alpha value is -4.26. The smallest absolute Gasteiger partial charge is 0.271 e. The van der Waals surface area contributed by atoms with Gasteiger partial charge in [0.15, 0.2) is 0 Å². The third kappa shape index (κ3) is 4.13. The van der Waals surface area contributed by atoms with E-state index in [9.17, 15) is 14.9 Å². The van der Waals surface area contributed by atoms with Gasteiger partial charge in [-0.05, 0) is 49.7 Å². The van der Waals surface area contributed by atoms with Crippen LogP contribution in [0.5, 0.6) is 5.75 Å². The molecule has 0 atom stereocenters. The summed E-state index contributed by atoms with van der Waals surface area (Å²) in [6, 6.07) is 19.0. The summed E-state index contributed by atoms with van der Waals surface area (Å²) in [5.41, 5.74) is 4.83. The van der Waals surface area contributed by atoms with Crippen molar-refractivity contribution in [2.45, 2.75) is 13.8 Å². The van der Waals surface area contributed by atoms with Gasteiger partial charge in [-0.25, -0.2) is 4.98 Å². The lowest BCUT2D eigenvalue weighted by atomic mass is 9.99. The van der Waals surface area contributed by atoms with E-state index in [1.165, 1.54) is 18.2 Å². The van der Waals surface area contributed by atoms with Crippen molar-refractivity contribution in [3.05, 3.63) is 93.5 Å². The first-order chi connectivity index (χ1) is 15.4. The number of nitrogens with zero attached hydrogens (tertiary/aromatic N) is 2. The lowest BCUT2D eigenvalue weighted by molar-refractivity contribution is -0.384. The van der Waals surface area contributed by atoms with Gasteiger partial charge < -0.3 is 10.1 Å². The number of anilines is 1. The predicted octanol–water partition coefficient (Wildman–Crippen LogP) is 5.69. The summed E-state index contributed by atoms with van der Waals surface area (Å²) in [6.45, 7) is 3.92. The molecule has 4 aromatic rings. The molecule has 3 aromatic carbocycles. The number of pyridine rings is 1. The Morgan fingerprint density at radius 1 is 1.03 bits per heavy atom. The van der Waals surface area contributed by atoms with Crippen molar-refractivity contribution in [3.63, 3.8) is 0 Å². The standard InChI is InChI=1S/C25H21N3O4/c1-15-10-16(2)24-21(11-15)22(14-23(27-24)17-6-4-9-20(12-17)32-3)25(29)26-18-7-5-8-19(13-18)28(30)31/h4-14H,1-3H3,(H,26,29). The minimum atomic E-state index is -0.495. The quantitative estimate of drug-likeness (QED) is 0.326. The zero-order chi connectivity index (χ0) is 22.8. The Morgan fingerprint density at radius 3 is 2.56 bits per heavy atom. The molecular formula is C25H21N3O4. The van der Waals surface area contributed by atoms with Gasteiger partial charge >= 0.3 is 0 Å². The van der Waals surface area contributed by atoms with Crippen LogP contribution in [-0.2, 0) is 0 Å². The summed E-state index contributed by atoms with van der Waals surface area (Å²) in [5, 5.41) is 14.6. The zero-order valence-electron chi connectivity index (χ0n) is 17.9. The van der Waals surface area contributed by atoms with Gasteiger partial charge in [0.25, 0.3) is 11.6 Å². The van der Waals surface area contributed by atoms with Gasteiger partial charge in [0.2, 0.25) is 0 Å². The van der Waals surface area contributed by atoms with Gasteiger partial charge in [-0.1, -0.05) is 29.8 Å². The van der Waals surface area contributed by atoms with Gasteiger partial charge in [-0.15, -0.1) is 0 Å². The van der Waals surface area contributed by atoms with E-state index in [1.54, 1.807) is 19.2 Å². The second kappa shape index (κ2) is 8.47. The van der Waals surface area contributed by atoms with Crippen LogP contribution in [0.4, 0.5) is 11.4 Å². The number of ether oxygens (including phenoxy) is 1. The van der Waals surface area contributed by atoms with Crippen LogP contribution in [0.25, 0.3) is 22.2 Å². The Kier molecular flexibility index (Phi) is 5.55. The van der Waals surface area contributed by atoms with Gasteiger partial charge in [0.05, 0.1) is 28.8 Å². The van der Waals surface area contributed by atoms with Crippen molar-refractivity contribution in [2.75, 3.05) is 12.4 Å². The van der Waals surface area contributed by atoms with E-state index in [0.29, 0.717) is 22.7 Å². The van der Waals surface area contributed by atoms with Crippen molar-refractivity contribution in [1.29, 1.82) is 0 Å². The first-order valence-corrected chi connectivity index (χ1v) is 9.98. The number of aromatic nitrogens is 1. The highest BCUT2D eigenvalue weighted by molar-refractivity contribution is 6.13. The third-order valence-corrected chi connectivity index (χ3v) is 5.17. The molecule has 1 aromatic heterocycles. The molecule has 7 heteroatoms. The minimum Gasteiger partial charge on any atom is -0.497 e. The van der Waals surface area contributed by atoms with Crippen LogP contribution >= 0.6 is 0 Å². The molecule has 0 spiro atoms. The zero-order valence-corrected chi connectivity index (χ0v) is 17.9. The number of nitrogens with one attached hydrogen (secondary N) is 1. The Labute approximate surface area is 184 Å². The molecule has 7 nitrogen and oxygen atoms in total. The van der Waals surface area contributed by atoms with Crippen LogP contribution in [-0.4, -0.2) is 22.9 Å². The number of methoxy groups -OCH3 is 1. The lowest BCUT2D eigenvalue weighted by Gasteiger charge is -2.13. The number of aryl methyl sites for hydroxylation is 2. The van der Waals surface area contributed by atoms with Crippen LogP contribution in [0.15, 0.2) is 66.7 Å². The Balaban J connectivity index is 1.85. The molecule has 0 saturated carbocycles. The number of amides is 1. The number of fused-ring (bicyclic) bond motifs is 1. The summed E-state index contributed by atoms with van der Waals surface area (Å²) in [6.07, 6.45) is 0. The molecule has 0 fully saturated rings. The van der Waals surface area contributed by atoms with Gasteiger partial charge in [-0.3, -0.25) is 14.9 Å². The summed E-state index contributed by atoms with van der Waals surface area (Å²) < 4.78 is 5.33. The average molecular weight is 427 g/mol. The maximum atomic E-state index is 13.3. The molecule has 0 radical (unpaired) electrons. The van der Waals surface area contributed by atoms with Crippen molar-refractivity contribution in [3.8, 4) is 17.0 Å². The van der Waals surface area contributed by atoms with E-state index in [4.69, 9.17) is 9.72 Å². The number of rotatable bonds is 5. The van der Waals surface area contributed by atoms with Crippen molar-refractivity contribution in [2.24, 2.45) is 0 Å². The molecule has 0 aliphatic rings. The van der Waals surface area contributed by atoms with E-state index < -0.39 is 4.92 Å². The summed E-state index contributed by atoms with van der Waals surface area (Å²) in [5.74, 6) is 0.319. The predicted molar refractivity (Wildman–Crippen MR) is 124 cm³/mol. The average Bonchev–Trinajstić information content (AvgIpc) is 2.78. The Bertz CT molecular complexity index is 1360. The van der Waals surface area contributed by atoms with Crippen molar-refractivity contribution < 1.29 is 14.5 Å². The van der Waals surface area contributed by atoms with Gasteiger partial charge in [-0.2, -0.15) is 0 Å². The Morgan fingerprint density at radius 2 is 1.81 bits per heavy atom. The monoisotopic (exact) mass is 427 g/mol. The number of carbonyl (C=O) groups excluding carboxylic acids is 1. The topological polar surface area (TPSA) is 94.4 Å². The fourth-order valence-electron chi connectivity index (χ4n) is 3.69. The number of hydrogen-bond acceptors (Lipinski definition) is 5. The molecule has 0 saturated heterocycles. The largest absolute Gasteiger partial charge is 0.497 e. The number of carbonyl (C=O) groups is 1. The van der Waals surface area contributed by atoms with Crippen LogP contribution in [0.2, 0.25) is 0 Å². The molecule has 1 N–H and O–H groups in total. The molecule has 1 heterocycles. The highest BCUT2D eigenvalue weighted by Crippen LogP contribution is 2.30. The number of hydrogen-bond donors (Lipinski definition) is 1. The van der Waals surface area contributed by atoms with E-state index in [2.05, 4.69) is 5.32 Å². The van der Waals surface area contributed by atoms with Gasteiger partial charge in [0.1, 0.15) is 5.75 Å². The van der Waals surface area contributed by atoms with E-state index in [1.807, 2.05) is 50.2 Å². The maximum Gasteiger partial charge on any atom is 0.271 e. The number of nitro groups is 1. The molecule has 0 aliphatic heterocycles. The third-order valence-electron chi connectivity index (χ3n) is 5.17. The van der Waals surface area contributed by atoms with E-state index in [0.717, 1.165) is 27.6 Å². The van der Waals surface area contributed by atoms with Crippen LogP contribution in [0, 0.1) is 24.0 Å². The van der Waals surface area contributed by atoms with Crippen LogP contribution < -0.4 is 10.1 Å². The highest BCUT2D eigenvalue weighted by atomic mass is 16.6. The van der Waals surface area contributed by atoms with Crippen molar-refractivity contribution >= 4 is 28.2 Å². The summed E-state index contributed by atoms with van der Waals surface area (Å²) in [4.78, 5) is 28.7. The first-order valence-electron chi connectivity index (χ1n) is 9.98. The second-order valence-corrected chi connectivity index (χ2v) is 7.53. The second-order valence-electron chi connectivity index (χ2n) is 7.53. The number of nitro benzene ring substituents is 1. The lowest BCUT2D eigenvalue weighted by Crippen LogP contribution is -2.13. The highest BCUT2D eigenvalue weighted by Gasteiger charge is 2.17. The number of non-ortho nitro benzene ring substituents is 1. The van der Waals surface area contributed by atoms with Crippen LogP contribution in [0.1, 0.15) is 21.5 Å². The van der Waals surface area contributed by atoms with E-state index >= 15 is 0 Å². The first kappa shape index (κ1) is 21.0. The summed E-state index contributed by atoms with van der Waals surface area (Å²) in [7, 11) is 1.60. The maximum absolute atomic E-state index is 13.3. The molecule has 0 bridgehead atoms. The van der Waals surface area contributed by atoms with Gasteiger partial charge in [0, 0.05) is 28.8 Å².